The van der Waals surface area contributed by atoms with Crippen molar-refractivity contribution in [1.29, 1.82) is 0 Å². The predicted molar refractivity (Wildman–Crippen MR) is 72.2 cm³/mol. The number of ether oxygens (including phenoxy) is 1. The van der Waals surface area contributed by atoms with E-state index in [1.165, 1.54) is 6.20 Å². The maximum atomic E-state index is 12.1. The van der Waals surface area contributed by atoms with Gasteiger partial charge in [-0.05, 0) is 24.6 Å². The number of hydrogen-bond acceptors (Lipinski definition) is 4. The zero-order valence-electron chi connectivity index (χ0n) is 10.9. The molecule has 0 bridgehead atoms. The fourth-order valence-corrected chi connectivity index (χ4v) is 1.74. The molecule has 0 spiro atoms. The Hall–Kier alpha value is -2.34. The molecule has 0 unspecified atom stereocenters. The van der Waals surface area contributed by atoms with Crippen LogP contribution >= 0.6 is 0 Å². The molecule has 2 aromatic rings. The molecule has 0 aliphatic carbocycles. The van der Waals surface area contributed by atoms with Crippen LogP contribution in [0.2, 0.25) is 0 Å². The first-order chi connectivity index (χ1) is 9.15. The Morgan fingerprint density at radius 2 is 2.32 bits per heavy atom. The summed E-state index contributed by atoms with van der Waals surface area (Å²) in [6, 6.07) is 5.42. The number of aromatic nitrogens is 2. The van der Waals surface area contributed by atoms with Crippen LogP contribution in [0, 0.1) is 6.92 Å². The highest BCUT2D eigenvalue weighted by atomic mass is 16.5. The number of rotatable bonds is 4. The lowest BCUT2D eigenvalue weighted by Crippen LogP contribution is -2.13. The Morgan fingerprint density at radius 1 is 1.53 bits per heavy atom. The molecule has 1 heterocycles. The summed E-state index contributed by atoms with van der Waals surface area (Å²) >= 11 is 0. The summed E-state index contributed by atoms with van der Waals surface area (Å²) in [7, 11) is 1.55. The standard InChI is InChI=1S/C13H16N4O2/c1-8-10(7-15-17-8)13(18)16-11-4-3-9(6-14)5-12(11)19-2/h3-5,7H,6,14H2,1-2H3,(H,15,17)(H,16,18). The molecule has 0 atom stereocenters. The second kappa shape index (κ2) is 5.53. The van der Waals surface area contributed by atoms with E-state index in [0.717, 1.165) is 11.3 Å². The monoisotopic (exact) mass is 260 g/mol. The number of nitrogens with zero attached hydrogens (tertiary/aromatic N) is 1. The molecule has 100 valence electrons. The molecule has 0 fully saturated rings. The third-order valence-electron chi connectivity index (χ3n) is 2.82. The quantitative estimate of drug-likeness (QED) is 0.775. The number of nitrogens with two attached hydrogens (primary N) is 1. The number of aryl methyl sites for hydroxylation is 1. The summed E-state index contributed by atoms with van der Waals surface area (Å²) in [4.78, 5) is 12.1. The predicted octanol–water partition coefficient (Wildman–Crippen LogP) is 1.44. The van der Waals surface area contributed by atoms with Gasteiger partial charge in [-0.2, -0.15) is 5.10 Å². The van der Waals surface area contributed by atoms with Gasteiger partial charge in [0, 0.05) is 12.2 Å². The first-order valence-corrected chi connectivity index (χ1v) is 5.84. The van der Waals surface area contributed by atoms with Crippen LogP contribution in [0.5, 0.6) is 5.75 Å². The van der Waals surface area contributed by atoms with E-state index in [9.17, 15) is 4.79 Å². The number of carbonyl (C=O) groups excluding carboxylic acids is 1. The normalized spacial score (nSPS) is 10.3. The van der Waals surface area contributed by atoms with Gasteiger partial charge in [-0.3, -0.25) is 9.89 Å². The Morgan fingerprint density at radius 3 is 2.89 bits per heavy atom. The number of anilines is 1. The van der Waals surface area contributed by atoms with Crippen LogP contribution in [0.3, 0.4) is 0 Å². The molecule has 6 nitrogen and oxygen atoms in total. The lowest BCUT2D eigenvalue weighted by Gasteiger charge is -2.11. The molecular formula is C13H16N4O2. The second-order valence-corrected chi connectivity index (χ2v) is 4.10. The van der Waals surface area contributed by atoms with Crippen LogP contribution in [0.4, 0.5) is 5.69 Å². The van der Waals surface area contributed by atoms with Crippen LogP contribution in [0.25, 0.3) is 0 Å². The van der Waals surface area contributed by atoms with Crippen molar-refractivity contribution in [1.82, 2.24) is 10.2 Å². The highest BCUT2D eigenvalue weighted by Crippen LogP contribution is 2.26. The molecule has 0 aliphatic heterocycles. The summed E-state index contributed by atoms with van der Waals surface area (Å²) in [5.74, 6) is 0.350. The van der Waals surface area contributed by atoms with Crippen molar-refractivity contribution in [3.63, 3.8) is 0 Å². The fourth-order valence-electron chi connectivity index (χ4n) is 1.74. The van der Waals surface area contributed by atoms with Crippen LogP contribution in [-0.2, 0) is 6.54 Å². The van der Waals surface area contributed by atoms with Gasteiger partial charge in [-0.25, -0.2) is 0 Å². The molecule has 0 radical (unpaired) electrons. The number of carbonyl (C=O) groups is 1. The summed E-state index contributed by atoms with van der Waals surface area (Å²) in [5, 5.41) is 9.34. The topological polar surface area (TPSA) is 93.0 Å². The number of benzene rings is 1. The Kier molecular flexibility index (Phi) is 3.82. The van der Waals surface area contributed by atoms with E-state index in [2.05, 4.69) is 15.5 Å². The Labute approximate surface area is 111 Å². The second-order valence-electron chi connectivity index (χ2n) is 4.10. The number of amides is 1. The highest BCUT2D eigenvalue weighted by Gasteiger charge is 2.13. The number of methoxy groups -OCH3 is 1. The molecule has 6 heteroatoms. The van der Waals surface area contributed by atoms with Crippen LogP contribution < -0.4 is 15.8 Å². The molecule has 0 aliphatic rings. The molecule has 19 heavy (non-hydrogen) atoms. The van der Waals surface area contributed by atoms with E-state index < -0.39 is 0 Å². The highest BCUT2D eigenvalue weighted by molar-refractivity contribution is 6.05. The molecule has 1 aromatic heterocycles. The third kappa shape index (κ3) is 2.74. The fraction of sp³-hybridized carbons (Fsp3) is 0.231. The van der Waals surface area contributed by atoms with Gasteiger partial charge in [0.25, 0.3) is 5.91 Å². The lowest BCUT2D eigenvalue weighted by molar-refractivity contribution is 0.102. The minimum Gasteiger partial charge on any atom is -0.495 e. The van der Waals surface area contributed by atoms with E-state index in [4.69, 9.17) is 10.5 Å². The summed E-state index contributed by atoms with van der Waals surface area (Å²) in [6.07, 6.45) is 1.49. The minimum absolute atomic E-state index is 0.231. The van der Waals surface area contributed by atoms with E-state index in [1.807, 2.05) is 6.07 Å². The molecule has 4 N–H and O–H groups in total. The third-order valence-corrected chi connectivity index (χ3v) is 2.82. The van der Waals surface area contributed by atoms with Crippen LogP contribution in [0.1, 0.15) is 21.6 Å². The van der Waals surface area contributed by atoms with Crippen molar-refractivity contribution in [2.75, 3.05) is 12.4 Å². The van der Waals surface area contributed by atoms with E-state index in [-0.39, 0.29) is 5.91 Å². The average molecular weight is 260 g/mol. The van der Waals surface area contributed by atoms with Crippen molar-refractivity contribution < 1.29 is 9.53 Å². The van der Waals surface area contributed by atoms with E-state index >= 15 is 0 Å². The summed E-state index contributed by atoms with van der Waals surface area (Å²) in [5.41, 5.74) is 8.33. The number of aromatic amines is 1. The van der Waals surface area contributed by atoms with E-state index in [1.54, 1.807) is 26.2 Å². The first-order valence-electron chi connectivity index (χ1n) is 5.84. The van der Waals surface area contributed by atoms with Gasteiger partial charge in [0.15, 0.2) is 0 Å². The van der Waals surface area contributed by atoms with Gasteiger partial charge in [0.05, 0.1) is 24.6 Å². The smallest absolute Gasteiger partial charge is 0.259 e. The van der Waals surface area contributed by atoms with Gasteiger partial charge in [-0.1, -0.05) is 6.07 Å². The molecule has 1 amide bonds. The SMILES string of the molecule is COc1cc(CN)ccc1NC(=O)c1cn[nH]c1C. The van der Waals surface area contributed by atoms with Crippen molar-refractivity contribution in [2.24, 2.45) is 5.73 Å². The zero-order chi connectivity index (χ0) is 13.8. The maximum Gasteiger partial charge on any atom is 0.259 e. The van der Waals surface area contributed by atoms with Crippen molar-refractivity contribution in [3.05, 3.63) is 41.2 Å². The number of H-pyrrole nitrogens is 1. The number of hydrogen-bond donors (Lipinski definition) is 3. The van der Waals surface area contributed by atoms with Crippen molar-refractivity contribution in [2.45, 2.75) is 13.5 Å². The molecule has 0 saturated carbocycles. The van der Waals surface area contributed by atoms with Crippen LogP contribution in [0.15, 0.2) is 24.4 Å². The average Bonchev–Trinajstić information content (AvgIpc) is 2.85. The molecule has 1 aromatic carbocycles. The Bertz CT molecular complexity index is 592. The number of nitrogens with one attached hydrogen (secondary N) is 2. The van der Waals surface area contributed by atoms with Crippen molar-refractivity contribution in [3.8, 4) is 5.75 Å². The van der Waals surface area contributed by atoms with Gasteiger partial charge >= 0.3 is 0 Å². The summed E-state index contributed by atoms with van der Waals surface area (Å²) < 4.78 is 5.24. The van der Waals surface area contributed by atoms with Gasteiger partial charge in [-0.15, -0.1) is 0 Å². The minimum atomic E-state index is -0.231. The molecule has 2 rings (SSSR count). The zero-order valence-corrected chi connectivity index (χ0v) is 10.9. The van der Waals surface area contributed by atoms with Crippen LogP contribution in [-0.4, -0.2) is 23.2 Å². The van der Waals surface area contributed by atoms with Gasteiger partial charge in [0.1, 0.15) is 5.75 Å². The lowest BCUT2D eigenvalue weighted by atomic mass is 10.1. The van der Waals surface area contributed by atoms with Gasteiger partial charge < -0.3 is 15.8 Å². The Balaban J connectivity index is 2.24. The first kappa shape index (κ1) is 13.1. The van der Waals surface area contributed by atoms with E-state index in [0.29, 0.717) is 23.5 Å². The van der Waals surface area contributed by atoms with Gasteiger partial charge in [0.2, 0.25) is 0 Å². The summed E-state index contributed by atoms with van der Waals surface area (Å²) in [6.45, 7) is 2.21. The molecular weight excluding hydrogens is 244 g/mol. The maximum absolute atomic E-state index is 12.1. The largest absolute Gasteiger partial charge is 0.495 e. The molecule has 0 saturated heterocycles. The van der Waals surface area contributed by atoms with Crippen molar-refractivity contribution >= 4 is 11.6 Å².